The van der Waals surface area contributed by atoms with Crippen LogP contribution in [0, 0.1) is 11.3 Å². The first-order valence-corrected chi connectivity index (χ1v) is 10.7. The fourth-order valence-electron chi connectivity index (χ4n) is 5.36. The molecule has 1 aromatic carbocycles. The highest BCUT2D eigenvalue weighted by Gasteiger charge is 2.53. The monoisotopic (exact) mass is 383 g/mol. The van der Waals surface area contributed by atoms with Gasteiger partial charge in [-0.15, -0.1) is 0 Å². The van der Waals surface area contributed by atoms with Crippen molar-refractivity contribution in [2.24, 2.45) is 11.3 Å². The third kappa shape index (κ3) is 3.58. The van der Waals surface area contributed by atoms with E-state index in [1.807, 2.05) is 0 Å². The Morgan fingerprint density at radius 1 is 1.18 bits per heavy atom. The predicted octanol–water partition coefficient (Wildman–Crippen LogP) is 4.42. The molecule has 4 heteroatoms. The summed E-state index contributed by atoms with van der Waals surface area (Å²) in [4.78, 5) is 26.5. The number of hydrogen-bond donors (Lipinski definition) is 0. The fourth-order valence-corrected chi connectivity index (χ4v) is 5.36. The maximum Gasteiger partial charge on any atom is 0.306 e. The molecule has 2 atom stereocenters. The van der Waals surface area contributed by atoms with E-state index in [1.54, 1.807) is 0 Å². The number of amides is 1. The van der Waals surface area contributed by atoms with Gasteiger partial charge in [0.25, 0.3) is 0 Å². The topological polar surface area (TPSA) is 46.6 Å². The van der Waals surface area contributed by atoms with Gasteiger partial charge in [0.15, 0.2) is 0 Å². The molecule has 2 aliphatic heterocycles. The van der Waals surface area contributed by atoms with E-state index in [0.717, 1.165) is 32.2 Å². The third-order valence-corrected chi connectivity index (χ3v) is 7.17. The van der Waals surface area contributed by atoms with E-state index < -0.39 is 0 Å². The summed E-state index contributed by atoms with van der Waals surface area (Å²) in [6, 6.07) is 9.35. The molecule has 0 N–H and O–H groups in total. The van der Waals surface area contributed by atoms with Crippen LogP contribution in [0.25, 0.3) is 0 Å². The van der Waals surface area contributed by atoms with E-state index >= 15 is 0 Å². The summed E-state index contributed by atoms with van der Waals surface area (Å²) in [5, 5.41) is 0. The first-order chi connectivity index (χ1) is 13.2. The van der Waals surface area contributed by atoms with Crippen LogP contribution < -0.4 is 0 Å². The second-order valence-electron chi connectivity index (χ2n) is 10.4. The first-order valence-electron chi connectivity index (χ1n) is 10.7. The normalized spacial score (nSPS) is 32.9. The van der Waals surface area contributed by atoms with Gasteiger partial charge in [-0.2, -0.15) is 0 Å². The van der Waals surface area contributed by atoms with Crippen LogP contribution in [0.3, 0.4) is 0 Å². The molecule has 28 heavy (non-hydrogen) atoms. The molecule has 4 rings (SSSR count). The fraction of sp³-hybridized carbons (Fsp3) is 0.667. The predicted molar refractivity (Wildman–Crippen MR) is 109 cm³/mol. The van der Waals surface area contributed by atoms with E-state index in [0.29, 0.717) is 24.9 Å². The molecular weight excluding hydrogens is 350 g/mol. The molecule has 152 valence electrons. The molecule has 0 radical (unpaired) electrons. The Labute approximate surface area is 168 Å². The number of cyclic esters (lactones) is 1. The van der Waals surface area contributed by atoms with Crippen molar-refractivity contribution in [1.82, 2.24) is 4.90 Å². The number of benzene rings is 1. The van der Waals surface area contributed by atoms with Crippen LogP contribution in [0.5, 0.6) is 0 Å². The molecule has 0 aromatic heterocycles. The largest absolute Gasteiger partial charge is 0.465 e. The molecule has 2 saturated heterocycles. The van der Waals surface area contributed by atoms with Gasteiger partial charge in [-0.3, -0.25) is 9.59 Å². The molecule has 1 spiro atoms. The van der Waals surface area contributed by atoms with Crippen LogP contribution in [-0.2, 0) is 19.7 Å². The maximum absolute atomic E-state index is 13.0. The zero-order valence-electron chi connectivity index (χ0n) is 17.7. The Bertz CT molecular complexity index is 755. The third-order valence-electron chi connectivity index (χ3n) is 7.17. The van der Waals surface area contributed by atoms with Gasteiger partial charge in [0.2, 0.25) is 5.91 Å². The molecule has 1 amide bonds. The highest BCUT2D eigenvalue weighted by Crippen LogP contribution is 2.52. The lowest BCUT2D eigenvalue weighted by Gasteiger charge is -2.46. The van der Waals surface area contributed by atoms with Gasteiger partial charge < -0.3 is 9.64 Å². The van der Waals surface area contributed by atoms with Gasteiger partial charge in [0.05, 0.1) is 13.0 Å². The van der Waals surface area contributed by atoms with Crippen LogP contribution in [0.2, 0.25) is 0 Å². The van der Waals surface area contributed by atoms with Gasteiger partial charge in [-0.05, 0) is 55.1 Å². The summed E-state index contributed by atoms with van der Waals surface area (Å²) in [5.74, 6) is 0.804. The standard InChI is InChI=1S/C24H33NO3/c1-16-11-18(17-5-7-20(8-6-17)23(2,3)4)9-10-25(16)22(27)19-12-24(13-19)14-21(26)28-15-24/h5-8,16,18-19H,9-15H2,1-4H3/t16-,18-,19?,24?/m1/s1. The second kappa shape index (κ2) is 6.89. The molecule has 3 fully saturated rings. The number of carbonyl (C=O) groups is 2. The average molecular weight is 384 g/mol. The number of esters is 1. The van der Waals surface area contributed by atoms with Crippen molar-refractivity contribution in [2.75, 3.05) is 13.2 Å². The van der Waals surface area contributed by atoms with Crippen molar-refractivity contribution < 1.29 is 14.3 Å². The molecule has 3 aliphatic rings. The molecule has 0 bridgehead atoms. The average Bonchev–Trinajstić information content (AvgIpc) is 3.01. The number of ether oxygens (including phenoxy) is 1. The maximum atomic E-state index is 13.0. The number of nitrogens with zero attached hydrogens (tertiary/aromatic N) is 1. The Morgan fingerprint density at radius 3 is 2.39 bits per heavy atom. The zero-order valence-corrected chi connectivity index (χ0v) is 17.7. The quantitative estimate of drug-likeness (QED) is 0.710. The Morgan fingerprint density at radius 2 is 1.86 bits per heavy atom. The molecule has 4 nitrogen and oxygen atoms in total. The van der Waals surface area contributed by atoms with E-state index in [4.69, 9.17) is 4.74 Å². The van der Waals surface area contributed by atoms with Crippen molar-refractivity contribution in [3.63, 3.8) is 0 Å². The zero-order chi connectivity index (χ0) is 20.1. The minimum absolute atomic E-state index is 0.0340. The summed E-state index contributed by atoms with van der Waals surface area (Å²) in [5.41, 5.74) is 2.91. The number of carbonyl (C=O) groups excluding carboxylic acids is 2. The Balaban J connectivity index is 1.34. The van der Waals surface area contributed by atoms with Crippen molar-refractivity contribution in [1.29, 1.82) is 0 Å². The van der Waals surface area contributed by atoms with Crippen molar-refractivity contribution in [3.8, 4) is 0 Å². The lowest BCUT2D eigenvalue weighted by Crippen LogP contribution is -2.52. The summed E-state index contributed by atoms with van der Waals surface area (Å²) >= 11 is 0. The van der Waals surface area contributed by atoms with E-state index in [1.165, 1.54) is 11.1 Å². The van der Waals surface area contributed by atoms with Gasteiger partial charge >= 0.3 is 5.97 Å². The molecule has 1 saturated carbocycles. The van der Waals surface area contributed by atoms with Gasteiger partial charge in [0.1, 0.15) is 0 Å². The molecular formula is C24H33NO3. The first kappa shape index (κ1) is 19.5. The van der Waals surface area contributed by atoms with E-state index in [-0.39, 0.29) is 28.8 Å². The summed E-state index contributed by atoms with van der Waals surface area (Å²) < 4.78 is 5.13. The van der Waals surface area contributed by atoms with Crippen LogP contribution in [-0.4, -0.2) is 36.0 Å². The minimum atomic E-state index is -0.0995. The number of likely N-dealkylation sites (tertiary alicyclic amines) is 1. The van der Waals surface area contributed by atoms with Gasteiger partial charge in [-0.25, -0.2) is 0 Å². The van der Waals surface area contributed by atoms with Crippen LogP contribution in [0.4, 0.5) is 0 Å². The van der Waals surface area contributed by atoms with Crippen molar-refractivity contribution in [2.45, 2.75) is 77.2 Å². The second-order valence-corrected chi connectivity index (χ2v) is 10.4. The summed E-state index contributed by atoms with van der Waals surface area (Å²) in [6.45, 7) is 10.3. The lowest BCUT2D eigenvalue weighted by molar-refractivity contribution is -0.147. The molecule has 1 aliphatic carbocycles. The Kier molecular flexibility index (Phi) is 4.79. The van der Waals surface area contributed by atoms with Crippen molar-refractivity contribution in [3.05, 3.63) is 35.4 Å². The molecule has 2 heterocycles. The summed E-state index contributed by atoms with van der Waals surface area (Å²) in [7, 11) is 0. The molecule has 1 aromatic rings. The summed E-state index contributed by atoms with van der Waals surface area (Å²) in [6.07, 6.45) is 4.19. The minimum Gasteiger partial charge on any atom is -0.465 e. The smallest absolute Gasteiger partial charge is 0.306 e. The van der Waals surface area contributed by atoms with Crippen LogP contribution >= 0.6 is 0 Å². The van der Waals surface area contributed by atoms with Crippen LogP contribution in [0.1, 0.15) is 76.8 Å². The van der Waals surface area contributed by atoms with E-state index in [9.17, 15) is 9.59 Å². The van der Waals surface area contributed by atoms with Gasteiger partial charge in [-0.1, -0.05) is 45.0 Å². The SMILES string of the molecule is C[C@@H]1C[C@H](c2ccc(C(C)(C)C)cc2)CCN1C(=O)C1CC2(COC(=O)C2)C1. The van der Waals surface area contributed by atoms with Crippen molar-refractivity contribution >= 4 is 11.9 Å². The van der Waals surface area contributed by atoms with Gasteiger partial charge in [0, 0.05) is 23.9 Å². The number of hydrogen-bond acceptors (Lipinski definition) is 3. The molecule has 0 unspecified atom stereocenters. The Hall–Kier alpha value is -1.84. The number of rotatable bonds is 2. The van der Waals surface area contributed by atoms with Crippen LogP contribution in [0.15, 0.2) is 24.3 Å². The number of piperidine rings is 1. The highest BCUT2D eigenvalue weighted by molar-refractivity contribution is 5.81. The lowest BCUT2D eigenvalue weighted by atomic mass is 9.61. The van der Waals surface area contributed by atoms with E-state index in [2.05, 4.69) is 56.9 Å². The highest BCUT2D eigenvalue weighted by atomic mass is 16.5.